The van der Waals surface area contributed by atoms with E-state index in [1.165, 1.54) is 6.42 Å². The molecule has 1 fully saturated rings. The molecule has 3 aromatic rings. The lowest BCUT2D eigenvalue weighted by atomic mass is 10.1. The van der Waals surface area contributed by atoms with E-state index in [4.69, 9.17) is 14.5 Å². The fourth-order valence-electron chi connectivity index (χ4n) is 3.72. The van der Waals surface area contributed by atoms with Crippen LogP contribution in [0.25, 0.3) is 12.2 Å². The Morgan fingerprint density at radius 3 is 2.91 bits per heavy atom. The van der Waals surface area contributed by atoms with Gasteiger partial charge in [0.1, 0.15) is 29.9 Å². The van der Waals surface area contributed by atoms with Crippen LogP contribution >= 0.6 is 0 Å². The Kier molecular flexibility index (Phi) is 7.28. The van der Waals surface area contributed by atoms with Crippen LogP contribution in [-0.4, -0.2) is 29.8 Å². The summed E-state index contributed by atoms with van der Waals surface area (Å²) in [5, 5.41) is 20.1. The van der Waals surface area contributed by atoms with E-state index in [1.54, 1.807) is 12.4 Å². The average Bonchev–Trinajstić information content (AvgIpc) is 3.48. The Labute approximate surface area is 188 Å². The smallest absolute Gasteiger partial charge is 0.134 e. The summed E-state index contributed by atoms with van der Waals surface area (Å²) in [6.45, 7) is 6.16. The van der Waals surface area contributed by atoms with Crippen molar-refractivity contribution in [1.29, 1.82) is 5.26 Å². The first-order valence-corrected chi connectivity index (χ1v) is 10.8. The summed E-state index contributed by atoms with van der Waals surface area (Å²) in [6.07, 6.45) is 8.48. The number of benzene rings is 1. The molecule has 0 saturated carbocycles. The van der Waals surface area contributed by atoms with Gasteiger partial charge in [-0.1, -0.05) is 23.4 Å². The molecule has 1 saturated heterocycles. The summed E-state index contributed by atoms with van der Waals surface area (Å²) in [4.78, 5) is 4.12. The van der Waals surface area contributed by atoms with Crippen molar-refractivity contribution < 1.29 is 9.26 Å². The summed E-state index contributed by atoms with van der Waals surface area (Å²) >= 11 is 0. The van der Waals surface area contributed by atoms with E-state index in [0.717, 1.165) is 60.1 Å². The Hall–Kier alpha value is -3.47. The van der Waals surface area contributed by atoms with Crippen molar-refractivity contribution in [2.75, 3.05) is 19.6 Å². The molecule has 0 amide bonds. The highest BCUT2D eigenvalue weighted by Gasteiger charge is 2.13. The number of aryl methyl sites for hydroxylation is 1. The van der Waals surface area contributed by atoms with Crippen molar-refractivity contribution in [2.45, 2.75) is 26.5 Å². The zero-order valence-corrected chi connectivity index (χ0v) is 18.2. The zero-order valence-electron chi connectivity index (χ0n) is 18.2. The number of hydrogen-bond donors (Lipinski definition) is 2. The Morgan fingerprint density at radius 2 is 2.12 bits per heavy atom. The summed E-state index contributed by atoms with van der Waals surface area (Å²) in [5.41, 5.74) is 4.34. The second-order valence-electron chi connectivity index (χ2n) is 8.07. The minimum Gasteiger partial charge on any atom is -0.487 e. The molecule has 0 spiro atoms. The van der Waals surface area contributed by atoms with Crippen LogP contribution in [0.1, 0.15) is 40.1 Å². The maximum atomic E-state index is 9.08. The van der Waals surface area contributed by atoms with Gasteiger partial charge in [-0.05, 0) is 73.8 Å². The predicted octanol–water partition coefficient (Wildman–Crippen LogP) is 3.70. The first-order valence-electron chi connectivity index (χ1n) is 10.8. The van der Waals surface area contributed by atoms with Gasteiger partial charge >= 0.3 is 0 Å². The maximum absolute atomic E-state index is 9.08. The number of ether oxygens (including phenoxy) is 1. The number of hydrogen-bond acceptors (Lipinski definition) is 7. The molecule has 3 heterocycles. The van der Waals surface area contributed by atoms with E-state index >= 15 is 0 Å². The van der Waals surface area contributed by atoms with Crippen molar-refractivity contribution >= 4 is 12.2 Å². The molecule has 32 heavy (non-hydrogen) atoms. The highest BCUT2D eigenvalue weighted by molar-refractivity contribution is 5.70. The van der Waals surface area contributed by atoms with Crippen LogP contribution in [0.2, 0.25) is 0 Å². The number of pyridine rings is 1. The molecule has 164 valence electrons. The minimum atomic E-state index is 0.346. The van der Waals surface area contributed by atoms with Crippen LogP contribution in [-0.2, 0) is 13.2 Å². The number of rotatable bonds is 9. The third-order valence-corrected chi connectivity index (χ3v) is 5.33. The van der Waals surface area contributed by atoms with E-state index in [1.807, 2.05) is 37.3 Å². The van der Waals surface area contributed by atoms with Crippen LogP contribution in [0.4, 0.5) is 0 Å². The van der Waals surface area contributed by atoms with E-state index in [2.05, 4.69) is 39.0 Å². The van der Waals surface area contributed by atoms with Gasteiger partial charge in [0.05, 0.1) is 5.56 Å². The highest BCUT2D eigenvalue weighted by atomic mass is 16.5. The highest BCUT2D eigenvalue weighted by Crippen LogP contribution is 2.21. The normalized spacial score (nSPS) is 15.8. The predicted molar refractivity (Wildman–Crippen MR) is 123 cm³/mol. The molecule has 0 aliphatic carbocycles. The van der Waals surface area contributed by atoms with Gasteiger partial charge in [-0.3, -0.25) is 4.98 Å². The van der Waals surface area contributed by atoms with E-state index < -0.39 is 0 Å². The van der Waals surface area contributed by atoms with Gasteiger partial charge in [0.25, 0.3) is 0 Å². The third-order valence-electron chi connectivity index (χ3n) is 5.33. The summed E-state index contributed by atoms with van der Waals surface area (Å²) < 4.78 is 11.1. The molecule has 1 unspecified atom stereocenters. The molecule has 1 aliphatic heterocycles. The average molecular weight is 430 g/mol. The Morgan fingerprint density at radius 1 is 1.22 bits per heavy atom. The van der Waals surface area contributed by atoms with E-state index in [-0.39, 0.29) is 0 Å². The van der Waals surface area contributed by atoms with Crippen molar-refractivity contribution in [3.05, 3.63) is 76.4 Å². The molecule has 1 aromatic carbocycles. The second-order valence-corrected chi connectivity index (χ2v) is 8.07. The SMILES string of the molecule is Cc1cc(COc2cc(C=Cc3cncc(C#N)c3)cc(CNCC3CCNC3)c2)no1. The van der Waals surface area contributed by atoms with Crippen LogP contribution in [0.15, 0.2) is 47.2 Å². The number of nitrogens with one attached hydrogen (secondary N) is 2. The van der Waals surface area contributed by atoms with Crippen LogP contribution in [0.5, 0.6) is 5.75 Å². The van der Waals surface area contributed by atoms with Crippen LogP contribution in [0, 0.1) is 24.2 Å². The van der Waals surface area contributed by atoms with Gasteiger partial charge < -0.3 is 19.9 Å². The van der Waals surface area contributed by atoms with Gasteiger partial charge in [0.2, 0.25) is 0 Å². The second kappa shape index (κ2) is 10.7. The van der Waals surface area contributed by atoms with Gasteiger partial charge in [-0.2, -0.15) is 5.26 Å². The van der Waals surface area contributed by atoms with E-state index in [9.17, 15) is 0 Å². The lowest BCUT2D eigenvalue weighted by molar-refractivity contribution is 0.287. The lowest BCUT2D eigenvalue weighted by Crippen LogP contribution is -2.24. The fraction of sp³-hybridized carbons (Fsp3) is 0.320. The molecule has 7 heteroatoms. The summed E-state index contributed by atoms with van der Waals surface area (Å²) in [7, 11) is 0. The number of nitriles is 1. The maximum Gasteiger partial charge on any atom is 0.134 e. The largest absolute Gasteiger partial charge is 0.487 e. The minimum absolute atomic E-state index is 0.346. The van der Waals surface area contributed by atoms with Gasteiger partial charge in [-0.15, -0.1) is 0 Å². The molecular formula is C25H27N5O2. The quantitative estimate of drug-likeness (QED) is 0.535. The standard InChI is InChI=1S/C25H27N5O2/c1-18-6-24(30-32-18)17-31-25-9-19(2-3-20-8-23(11-26)16-28-12-20)7-22(10-25)15-29-14-21-4-5-27-13-21/h2-3,6-10,12,16,21,27,29H,4-5,13-15,17H2,1H3. The van der Waals surface area contributed by atoms with Crippen molar-refractivity contribution in [1.82, 2.24) is 20.8 Å². The van der Waals surface area contributed by atoms with Crippen LogP contribution in [0.3, 0.4) is 0 Å². The fourth-order valence-corrected chi connectivity index (χ4v) is 3.72. The Bertz CT molecular complexity index is 1110. The zero-order chi connectivity index (χ0) is 22.2. The van der Waals surface area contributed by atoms with Crippen molar-refractivity contribution in [3.63, 3.8) is 0 Å². The lowest BCUT2D eigenvalue weighted by Gasteiger charge is -2.12. The van der Waals surface area contributed by atoms with Crippen molar-refractivity contribution in [2.24, 2.45) is 5.92 Å². The molecule has 0 radical (unpaired) electrons. The first kappa shape index (κ1) is 21.8. The summed E-state index contributed by atoms with van der Waals surface area (Å²) in [5.74, 6) is 2.22. The molecule has 1 aliphatic rings. The molecule has 7 nitrogen and oxygen atoms in total. The van der Waals surface area contributed by atoms with Gasteiger partial charge in [0.15, 0.2) is 0 Å². The molecule has 2 N–H and O–H groups in total. The molecular weight excluding hydrogens is 402 g/mol. The van der Waals surface area contributed by atoms with Gasteiger partial charge in [-0.25, -0.2) is 0 Å². The molecule has 1 atom stereocenters. The third kappa shape index (κ3) is 6.27. The monoisotopic (exact) mass is 429 g/mol. The molecule has 4 rings (SSSR count). The van der Waals surface area contributed by atoms with Gasteiger partial charge in [0, 0.05) is 25.0 Å². The summed E-state index contributed by atoms with van der Waals surface area (Å²) in [6, 6.07) is 12.0. The van der Waals surface area contributed by atoms with E-state index in [0.29, 0.717) is 18.1 Å². The molecule has 0 bridgehead atoms. The first-order chi connectivity index (χ1) is 15.7. The number of aromatic nitrogens is 2. The number of nitrogens with zero attached hydrogens (tertiary/aromatic N) is 3. The van der Waals surface area contributed by atoms with Crippen molar-refractivity contribution in [3.8, 4) is 11.8 Å². The Balaban J connectivity index is 1.48. The molecule has 2 aromatic heterocycles. The topological polar surface area (TPSA) is 96.0 Å². The van der Waals surface area contributed by atoms with Crippen LogP contribution < -0.4 is 15.4 Å².